The number of aliphatic carboxylic acids is 1. The highest BCUT2D eigenvalue weighted by molar-refractivity contribution is 5.96. The molecule has 1 saturated carbocycles. The highest BCUT2D eigenvalue weighted by Gasteiger charge is 2.41. The van der Waals surface area contributed by atoms with Crippen molar-refractivity contribution in [3.8, 4) is 0 Å². The normalized spacial score (nSPS) is 23.5. The molecule has 27 heavy (non-hydrogen) atoms. The van der Waals surface area contributed by atoms with Gasteiger partial charge in [0.1, 0.15) is 0 Å². The largest absolute Gasteiger partial charge is 0.481 e. The number of carbonyl (C=O) groups is 2. The summed E-state index contributed by atoms with van der Waals surface area (Å²) in [5, 5.41) is 16.8. The topological polar surface area (TPSA) is 99.2 Å². The van der Waals surface area contributed by atoms with E-state index in [-0.39, 0.29) is 18.4 Å². The van der Waals surface area contributed by atoms with Crippen LogP contribution in [-0.2, 0) is 4.79 Å². The maximum absolute atomic E-state index is 13.2. The molecule has 0 radical (unpaired) electrons. The van der Waals surface area contributed by atoms with Crippen molar-refractivity contribution in [2.24, 2.45) is 5.92 Å². The third-order valence-corrected chi connectivity index (χ3v) is 5.95. The zero-order valence-corrected chi connectivity index (χ0v) is 15.2. The van der Waals surface area contributed by atoms with Crippen molar-refractivity contribution >= 4 is 11.9 Å². The summed E-state index contributed by atoms with van der Waals surface area (Å²) in [5.41, 5.74) is 2.37. The van der Waals surface area contributed by atoms with Crippen molar-refractivity contribution in [1.82, 2.24) is 20.1 Å². The van der Waals surface area contributed by atoms with Crippen molar-refractivity contribution in [2.45, 2.75) is 43.9 Å². The number of likely N-dealkylation sites (tertiary alicyclic amines) is 1. The number of rotatable bonds is 4. The number of nitrogens with zero attached hydrogens (tertiary/aromatic N) is 3. The molecule has 0 unspecified atom stereocenters. The van der Waals surface area contributed by atoms with Gasteiger partial charge in [0.2, 0.25) is 0 Å². The Kier molecular flexibility index (Phi) is 4.92. The standard InChI is InChI=1S/C20H24N4O3/c25-19(15-10-22-23-18(15)13-5-2-1-3-6-13)24-11-16(17(12-24)20(26)27)14-7-4-8-21-9-14/h4,7-10,13,16-17H,1-3,5-6,11-12H2,(H,22,23)(H,26,27)/t16-,17+/m0/s1. The lowest BCUT2D eigenvalue weighted by Crippen LogP contribution is -2.30. The zero-order valence-electron chi connectivity index (χ0n) is 15.2. The van der Waals surface area contributed by atoms with Gasteiger partial charge in [-0.2, -0.15) is 5.10 Å². The molecule has 2 aromatic heterocycles. The molecule has 0 aromatic carbocycles. The SMILES string of the molecule is O=C(O)[C@@H]1CN(C(=O)c2cn[nH]c2C2CCCCC2)C[C@H]1c1cccnc1. The Morgan fingerprint density at radius 2 is 1.96 bits per heavy atom. The van der Waals surface area contributed by atoms with Gasteiger partial charge in [0.25, 0.3) is 5.91 Å². The fourth-order valence-corrected chi connectivity index (χ4v) is 4.49. The smallest absolute Gasteiger partial charge is 0.308 e. The summed E-state index contributed by atoms with van der Waals surface area (Å²) in [4.78, 5) is 30.7. The average molecular weight is 368 g/mol. The molecule has 7 heteroatoms. The summed E-state index contributed by atoms with van der Waals surface area (Å²) >= 11 is 0. The second kappa shape index (κ2) is 7.50. The third-order valence-electron chi connectivity index (χ3n) is 5.95. The Labute approximate surface area is 157 Å². The van der Waals surface area contributed by atoms with Gasteiger partial charge >= 0.3 is 5.97 Å². The molecule has 3 heterocycles. The Morgan fingerprint density at radius 1 is 1.15 bits per heavy atom. The van der Waals surface area contributed by atoms with E-state index < -0.39 is 11.9 Å². The van der Waals surface area contributed by atoms with Crippen molar-refractivity contribution < 1.29 is 14.7 Å². The van der Waals surface area contributed by atoms with Gasteiger partial charge in [0, 0.05) is 37.3 Å². The maximum Gasteiger partial charge on any atom is 0.308 e. The number of pyridine rings is 1. The number of H-pyrrole nitrogens is 1. The highest BCUT2D eigenvalue weighted by atomic mass is 16.4. The van der Waals surface area contributed by atoms with Gasteiger partial charge in [-0.3, -0.25) is 19.7 Å². The number of carbonyl (C=O) groups excluding carboxylic acids is 1. The maximum atomic E-state index is 13.2. The fraction of sp³-hybridized carbons (Fsp3) is 0.500. The van der Waals surface area contributed by atoms with Crippen LogP contribution < -0.4 is 0 Å². The van der Waals surface area contributed by atoms with Crippen LogP contribution in [0.25, 0.3) is 0 Å². The van der Waals surface area contributed by atoms with Crippen molar-refractivity contribution in [1.29, 1.82) is 0 Å². The average Bonchev–Trinajstić information content (AvgIpc) is 3.36. The number of aromatic nitrogens is 3. The van der Waals surface area contributed by atoms with Gasteiger partial charge in [0.05, 0.1) is 23.4 Å². The lowest BCUT2D eigenvalue weighted by Gasteiger charge is -2.23. The lowest BCUT2D eigenvalue weighted by molar-refractivity contribution is -0.141. The van der Waals surface area contributed by atoms with Crippen LogP contribution in [0.1, 0.15) is 65.6 Å². The zero-order chi connectivity index (χ0) is 18.8. The summed E-state index contributed by atoms with van der Waals surface area (Å²) in [7, 11) is 0. The molecule has 0 spiro atoms. The summed E-state index contributed by atoms with van der Waals surface area (Å²) < 4.78 is 0. The molecule has 1 saturated heterocycles. The van der Waals surface area contributed by atoms with Crippen molar-refractivity contribution in [3.63, 3.8) is 0 Å². The first kappa shape index (κ1) is 17.7. The Bertz CT molecular complexity index is 814. The van der Waals surface area contributed by atoms with E-state index in [4.69, 9.17) is 0 Å². The number of aromatic amines is 1. The molecule has 2 aliphatic rings. The minimum atomic E-state index is -0.876. The summed E-state index contributed by atoms with van der Waals surface area (Å²) in [6.07, 6.45) is 10.7. The molecule has 1 aliphatic carbocycles. The van der Waals surface area contributed by atoms with E-state index in [2.05, 4.69) is 15.2 Å². The van der Waals surface area contributed by atoms with E-state index in [1.54, 1.807) is 29.6 Å². The van der Waals surface area contributed by atoms with Crippen LogP contribution in [0.15, 0.2) is 30.7 Å². The van der Waals surface area contributed by atoms with Crippen LogP contribution in [0, 0.1) is 5.92 Å². The second-order valence-corrected chi connectivity index (χ2v) is 7.58. The molecular formula is C20H24N4O3. The summed E-state index contributed by atoms with van der Waals surface area (Å²) in [5.74, 6) is -1.53. The molecule has 7 nitrogen and oxygen atoms in total. The van der Waals surface area contributed by atoms with Gasteiger partial charge in [-0.25, -0.2) is 0 Å². The Balaban J connectivity index is 1.56. The molecule has 4 rings (SSSR count). The first-order valence-corrected chi connectivity index (χ1v) is 9.60. The monoisotopic (exact) mass is 368 g/mol. The molecular weight excluding hydrogens is 344 g/mol. The lowest BCUT2D eigenvalue weighted by atomic mass is 9.85. The van der Waals surface area contributed by atoms with Crippen LogP contribution in [0.2, 0.25) is 0 Å². The predicted octanol–water partition coefficient (Wildman–Crippen LogP) is 2.79. The first-order chi connectivity index (χ1) is 13.1. The van der Waals surface area contributed by atoms with Crippen LogP contribution in [-0.4, -0.2) is 50.2 Å². The molecule has 0 bridgehead atoms. The molecule has 1 amide bonds. The van der Waals surface area contributed by atoms with Crippen LogP contribution >= 0.6 is 0 Å². The third kappa shape index (κ3) is 3.46. The number of carboxylic acid groups (broad SMARTS) is 1. The number of hydrogen-bond acceptors (Lipinski definition) is 4. The molecule has 2 aromatic rings. The molecule has 1 aliphatic heterocycles. The molecule has 2 atom stereocenters. The first-order valence-electron chi connectivity index (χ1n) is 9.60. The molecule has 2 fully saturated rings. The van der Waals surface area contributed by atoms with Gasteiger partial charge in [-0.05, 0) is 24.5 Å². The molecule has 142 valence electrons. The minimum Gasteiger partial charge on any atom is -0.481 e. The van der Waals surface area contributed by atoms with Gasteiger partial charge in [0.15, 0.2) is 0 Å². The number of nitrogens with one attached hydrogen (secondary N) is 1. The van der Waals surface area contributed by atoms with Crippen molar-refractivity contribution in [2.75, 3.05) is 13.1 Å². The van der Waals surface area contributed by atoms with E-state index in [9.17, 15) is 14.7 Å². The molecule has 2 N–H and O–H groups in total. The van der Waals surface area contributed by atoms with E-state index >= 15 is 0 Å². The van der Waals surface area contributed by atoms with Crippen LogP contribution in [0.5, 0.6) is 0 Å². The fourth-order valence-electron chi connectivity index (χ4n) is 4.49. The quantitative estimate of drug-likeness (QED) is 0.864. The Morgan fingerprint density at radius 3 is 2.67 bits per heavy atom. The van der Waals surface area contributed by atoms with Crippen LogP contribution in [0.3, 0.4) is 0 Å². The number of amides is 1. The van der Waals surface area contributed by atoms with Gasteiger partial charge in [-0.15, -0.1) is 0 Å². The van der Waals surface area contributed by atoms with E-state index in [0.717, 1.165) is 24.1 Å². The number of carboxylic acids is 1. The Hall–Kier alpha value is -2.70. The van der Waals surface area contributed by atoms with E-state index in [1.165, 1.54) is 19.3 Å². The van der Waals surface area contributed by atoms with Crippen molar-refractivity contribution in [3.05, 3.63) is 47.5 Å². The van der Waals surface area contributed by atoms with E-state index in [0.29, 0.717) is 18.0 Å². The van der Waals surface area contributed by atoms with Gasteiger partial charge in [-0.1, -0.05) is 25.3 Å². The van der Waals surface area contributed by atoms with Gasteiger partial charge < -0.3 is 10.0 Å². The summed E-state index contributed by atoms with van der Waals surface area (Å²) in [6.45, 7) is 0.597. The second-order valence-electron chi connectivity index (χ2n) is 7.58. The number of hydrogen-bond donors (Lipinski definition) is 2. The van der Waals surface area contributed by atoms with E-state index in [1.807, 2.05) is 6.07 Å². The minimum absolute atomic E-state index is 0.123. The van der Waals surface area contributed by atoms with Crippen LogP contribution in [0.4, 0.5) is 0 Å². The summed E-state index contributed by atoms with van der Waals surface area (Å²) in [6, 6.07) is 3.68. The predicted molar refractivity (Wildman–Crippen MR) is 98.4 cm³/mol. The highest BCUT2D eigenvalue weighted by Crippen LogP contribution is 2.36.